The third-order valence-corrected chi connectivity index (χ3v) is 4.19. The summed E-state index contributed by atoms with van der Waals surface area (Å²) in [6.07, 6.45) is 8.90. The van der Waals surface area contributed by atoms with Crippen LogP contribution in [0.4, 0.5) is 0 Å². The van der Waals surface area contributed by atoms with Gasteiger partial charge in [-0.2, -0.15) is 0 Å². The van der Waals surface area contributed by atoms with E-state index >= 15 is 0 Å². The second-order valence-corrected chi connectivity index (χ2v) is 6.92. The van der Waals surface area contributed by atoms with Crippen molar-refractivity contribution < 1.29 is 0 Å². The second kappa shape index (κ2) is 6.88. The van der Waals surface area contributed by atoms with Gasteiger partial charge in [-0.3, -0.25) is 5.43 Å². The van der Waals surface area contributed by atoms with E-state index in [1.54, 1.807) is 0 Å². The maximum absolute atomic E-state index is 5.51. The van der Waals surface area contributed by atoms with E-state index in [0.29, 0.717) is 0 Å². The Hall–Kier alpha value is -0.120. The molecule has 1 rings (SSSR count). The van der Waals surface area contributed by atoms with E-state index < -0.39 is 0 Å². The molecule has 0 radical (unpaired) electrons. The summed E-state index contributed by atoms with van der Waals surface area (Å²) < 4.78 is 0. The Morgan fingerprint density at radius 1 is 0.944 bits per heavy atom. The minimum atomic E-state index is 0.277. The first kappa shape index (κ1) is 15.9. The average Bonchev–Trinajstić information content (AvgIpc) is 2.25. The van der Waals surface area contributed by atoms with Gasteiger partial charge in [0.05, 0.1) is 0 Å². The van der Waals surface area contributed by atoms with Crippen molar-refractivity contribution in [3.63, 3.8) is 0 Å². The molecule has 1 heterocycles. The number of unbranched alkanes of at least 4 members (excludes halogenated alkanes) is 3. The molecule has 18 heavy (non-hydrogen) atoms. The first-order valence-electron chi connectivity index (χ1n) is 7.64. The molecule has 3 heteroatoms. The van der Waals surface area contributed by atoms with Crippen LogP contribution in [0.25, 0.3) is 0 Å². The van der Waals surface area contributed by atoms with Crippen LogP contribution >= 0.6 is 0 Å². The first-order valence-corrected chi connectivity index (χ1v) is 7.64. The number of nitrogens with one attached hydrogen (secondary N) is 1. The lowest BCUT2D eigenvalue weighted by Gasteiger charge is -2.52. The Morgan fingerprint density at radius 2 is 1.50 bits per heavy atom. The molecule has 0 spiro atoms. The van der Waals surface area contributed by atoms with Gasteiger partial charge in [-0.25, -0.2) is 5.01 Å². The molecule has 3 N–H and O–H groups in total. The molecular weight excluding hydrogens is 222 g/mol. The Kier molecular flexibility index (Phi) is 6.09. The fourth-order valence-electron chi connectivity index (χ4n) is 3.24. The molecule has 1 fully saturated rings. The van der Waals surface area contributed by atoms with Crippen molar-refractivity contribution >= 4 is 0 Å². The van der Waals surface area contributed by atoms with Gasteiger partial charge in [0.15, 0.2) is 0 Å². The van der Waals surface area contributed by atoms with Gasteiger partial charge < -0.3 is 5.73 Å². The number of nitrogens with two attached hydrogens (primary N) is 1. The maximum atomic E-state index is 5.51. The number of hydrogen-bond acceptors (Lipinski definition) is 3. The highest BCUT2D eigenvalue weighted by Crippen LogP contribution is 2.36. The molecule has 3 nitrogen and oxygen atoms in total. The predicted octanol–water partition coefficient (Wildman–Crippen LogP) is 3.05. The lowest BCUT2D eigenvalue weighted by molar-refractivity contribution is -0.0701. The molecular formula is C15H33N3. The summed E-state index contributed by atoms with van der Waals surface area (Å²) in [5, 5.41) is 2.51. The summed E-state index contributed by atoms with van der Waals surface area (Å²) >= 11 is 0. The molecule has 0 bridgehead atoms. The van der Waals surface area contributed by atoms with Gasteiger partial charge in [-0.1, -0.05) is 12.8 Å². The Balaban J connectivity index is 2.33. The molecule has 1 aliphatic rings. The van der Waals surface area contributed by atoms with Crippen molar-refractivity contribution in [1.82, 2.24) is 10.4 Å². The van der Waals surface area contributed by atoms with E-state index in [1.807, 2.05) is 0 Å². The lowest BCUT2D eigenvalue weighted by Crippen LogP contribution is -2.64. The molecule has 0 unspecified atom stereocenters. The smallest absolute Gasteiger partial charge is 0.0304 e. The summed E-state index contributed by atoms with van der Waals surface area (Å²) in [5.41, 5.74) is 9.74. The minimum absolute atomic E-state index is 0.277. The number of piperidine rings is 1. The van der Waals surface area contributed by atoms with Gasteiger partial charge in [0.2, 0.25) is 0 Å². The van der Waals surface area contributed by atoms with Crippen LogP contribution in [0.15, 0.2) is 0 Å². The highest BCUT2D eigenvalue weighted by Gasteiger charge is 2.40. The summed E-state index contributed by atoms with van der Waals surface area (Å²) in [6.45, 7) is 11.4. The van der Waals surface area contributed by atoms with E-state index in [2.05, 4.69) is 38.1 Å². The highest BCUT2D eigenvalue weighted by molar-refractivity contribution is 4.94. The summed E-state index contributed by atoms with van der Waals surface area (Å²) in [4.78, 5) is 0. The Morgan fingerprint density at radius 3 is 2.06 bits per heavy atom. The zero-order valence-electron chi connectivity index (χ0n) is 12.9. The van der Waals surface area contributed by atoms with Crippen LogP contribution in [-0.4, -0.2) is 29.2 Å². The Bertz CT molecular complexity index is 220. The second-order valence-electron chi connectivity index (χ2n) is 6.92. The van der Waals surface area contributed by atoms with Crippen molar-refractivity contribution in [2.75, 3.05) is 13.1 Å². The van der Waals surface area contributed by atoms with Crippen molar-refractivity contribution in [3.05, 3.63) is 0 Å². The van der Waals surface area contributed by atoms with Crippen LogP contribution < -0.4 is 11.2 Å². The molecule has 0 aromatic carbocycles. The zero-order valence-corrected chi connectivity index (χ0v) is 12.9. The van der Waals surface area contributed by atoms with Gasteiger partial charge in [-0.15, -0.1) is 0 Å². The third-order valence-electron chi connectivity index (χ3n) is 4.19. The van der Waals surface area contributed by atoms with Gasteiger partial charge in [0.25, 0.3) is 0 Å². The van der Waals surface area contributed by atoms with E-state index in [4.69, 9.17) is 5.73 Å². The van der Waals surface area contributed by atoms with E-state index in [9.17, 15) is 0 Å². The standard InChI is InChI=1S/C15H33N3/c1-14(2)10-9-11-15(3,4)18(14)17-13-8-6-5-7-12-16/h17H,5-13,16H2,1-4H3. The van der Waals surface area contributed by atoms with Crippen LogP contribution in [0.5, 0.6) is 0 Å². The molecule has 108 valence electrons. The van der Waals surface area contributed by atoms with Gasteiger partial charge in [-0.05, 0) is 66.3 Å². The predicted molar refractivity (Wildman–Crippen MR) is 79.4 cm³/mol. The quantitative estimate of drug-likeness (QED) is 0.687. The molecule has 0 amide bonds. The van der Waals surface area contributed by atoms with Crippen molar-refractivity contribution in [2.45, 2.75) is 83.7 Å². The molecule has 0 saturated carbocycles. The summed E-state index contributed by atoms with van der Waals surface area (Å²) in [6, 6.07) is 0. The van der Waals surface area contributed by atoms with Crippen LogP contribution in [0.2, 0.25) is 0 Å². The van der Waals surface area contributed by atoms with Gasteiger partial charge in [0, 0.05) is 17.6 Å². The number of hydrogen-bond donors (Lipinski definition) is 2. The Labute approximate surface area is 113 Å². The molecule has 0 aromatic rings. The largest absolute Gasteiger partial charge is 0.330 e. The fraction of sp³-hybridized carbons (Fsp3) is 1.00. The molecule has 0 aromatic heterocycles. The van der Waals surface area contributed by atoms with Crippen molar-refractivity contribution in [1.29, 1.82) is 0 Å². The van der Waals surface area contributed by atoms with E-state index in [1.165, 1.54) is 44.9 Å². The monoisotopic (exact) mass is 255 g/mol. The number of hydrazine groups is 1. The van der Waals surface area contributed by atoms with E-state index in [0.717, 1.165) is 13.1 Å². The van der Waals surface area contributed by atoms with Gasteiger partial charge >= 0.3 is 0 Å². The topological polar surface area (TPSA) is 41.3 Å². The summed E-state index contributed by atoms with van der Waals surface area (Å²) in [7, 11) is 0. The number of rotatable bonds is 7. The van der Waals surface area contributed by atoms with Gasteiger partial charge in [0.1, 0.15) is 0 Å². The lowest BCUT2D eigenvalue weighted by atomic mass is 9.81. The summed E-state index contributed by atoms with van der Waals surface area (Å²) in [5.74, 6) is 0. The highest BCUT2D eigenvalue weighted by atomic mass is 15.6. The third kappa shape index (κ3) is 4.52. The number of nitrogens with zero attached hydrogens (tertiary/aromatic N) is 1. The normalized spacial score (nSPS) is 23.2. The zero-order chi connectivity index (χ0) is 13.6. The van der Waals surface area contributed by atoms with Crippen molar-refractivity contribution in [3.8, 4) is 0 Å². The van der Waals surface area contributed by atoms with Crippen LogP contribution in [0.1, 0.15) is 72.6 Å². The molecule has 0 atom stereocenters. The fourth-order valence-corrected chi connectivity index (χ4v) is 3.24. The van der Waals surface area contributed by atoms with Crippen LogP contribution in [-0.2, 0) is 0 Å². The van der Waals surface area contributed by atoms with E-state index in [-0.39, 0.29) is 11.1 Å². The van der Waals surface area contributed by atoms with Crippen molar-refractivity contribution in [2.24, 2.45) is 5.73 Å². The SMILES string of the molecule is CC1(C)CCCC(C)(C)N1NCCCCCCN. The molecule has 1 saturated heterocycles. The average molecular weight is 255 g/mol. The first-order chi connectivity index (χ1) is 8.40. The maximum Gasteiger partial charge on any atom is 0.0304 e. The molecule has 1 aliphatic heterocycles. The molecule has 0 aliphatic carbocycles. The minimum Gasteiger partial charge on any atom is -0.330 e. The van der Waals surface area contributed by atoms with Crippen LogP contribution in [0, 0.1) is 0 Å². The van der Waals surface area contributed by atoms with Crippen LogP contribution in [0.3, 0.4) is 0 Å².